The molecule has 2 aromatic rings. The molecule has 1 amide bonds. The molecule has 1 atom stereocenters. The molecular weight excluding hydrogens is 262 g/mol. The second kappa shape index (κ2) is 5.48. The van der Waals surface area contributed by atoms with E-state index < -0.39 is 0 Å². The van der Waals surface area contributed by atoms with Gasteiger partial charge in [-0.3, -0.25) is 4.79 Å². The highest BCUT2D eigenvalue weighted by Crippen LogP contribution is 2.29. The fourth-order valence-electron chi connectivity index (χ4n) is 2.84. The summed E-state index contributed by atoms with van der Waals surface area (Å²) in [4.78, 5) is 13.4. The van der Waals surface area contributed by atoms with Crippen LogP contribution in [0.25, 0.3) is 11.1 Å². The van der Waals surface area contributed by atoms with Crippen LogP contribution in [0.1, 0.15) is 6.42 Å². The molecule has 0 bridgehead atoms. The number of nitrogens with zero attached hydrogens (tertiary/aromatic N) is 1. The molecule has 1 aliphatic rings. The molecule has 21 heavy (non-hydrogen) atoms. The Morgan fingerprint density at radius 1 is 1.10 bits per heavy atom. The highest BCUT2D eigenvalue weighted by molar-refractivity contribution is 5.79. The molecule has 0 aromatic heterocycles. The molecule has 108 valence electrons. The van der Waals surface area contributed by atoms with Crippen molar-refractivity contribution in [1.29, 1.82) is 0 Å². The Morgan fingerprint density at radius 2 is 1.81 bits per heavy atom. The van der Waals surface area contributed by atoms with E-state index in [-0.39, 0.29) is 11.8 Å². The molecule has 1 saturated heterocycles. The Labute approximate surface area is 124 Å². The highest BCUT2D eigenvalue weighted by atomic mass is 16.1. The van der Waals surface area contributed by atoms with Crippen LogP contribution in [-0.4, -0.2) is 19.0 Å². The van der Waals surface area contributed by atoms with Crippen LogP contribution in [0.2, 0.25) is 0 Å². The fourth-order valence-corrected chi connectivity index (χ4v) is 2.84. The van der Waals surface area contributed by atoms with E-state index in [4.69, 9.17) is 11.5 Å². The van der Waals surface area contributed by atoms with E-state index in [1.807, 2.05) is 24.3 Å². The molecule has 1 heterocycles. The molecule has 1 aliphatic heterocycles. The molecule has 0 aliphatic carbocycles. The zero-order valence-corrected chi connectivity index (χ0v) is 11.8. The molecular formula is C17H19N3O. The number of primary amides is 1. The van der Waals surface area contributed by atoms with E-state index in [1.54, 1.807) is 0 Å². The number of carbonyl (C=O) groups is 1. The highest BCUT2D eigenvalue weighted by Gasteiger charge is 2.26. The molecule has 3 rings (SSSR count). The molecule has 0 spiro atoms. The van der Waals surface area contributed by atoms with E-state index in [2.05, 4.69) is 29.2 Å². The van der Waals surface area contributed by atoms with Crippen molar-refractivity contribution in [1.82, 2.24) is 0 Å². The summed E-state index contributed by atoms with van der Waals surface area (Å²) < 4.78 is 0. The molecule has 1 fully saturated rings. The summed E-state index contributed by atoms with van der Waals surface area (Å²) in [6.07, 6.45) is 0.836. The Bertz CT molecular complexity index is 651. The summed E-state index contributed by atoms with van der Waals surface area (Å²) in [6.45, 7) is 1.59. The minimum Gasteiger partial charge on any atom is -0.398 e. The monoisotopic (exact) mass is 281 g/mol. The third kappa shape index (κ3) is 2.70. The van der Waals surface area contributed by atoms with Crippen LogP contribution in [0.5, 0.6) is 0 Å². The van der Waals surface area contributed by atoms with Crippen molar-refractivity contribution in [3.05, 3.63) is 48.5 Å². The first-order chi connectivity index (χ1) is 10.1. The van der Waals surface area contributed by atoms with Crippen molar-refractivity contribution in [3.8, 4) is 11.1 Å². The number of nitrogens with two attached hydrogens (primary N) is 2. The van der Waals surface area contributed by atoms with Gasteiger partial charge in [0.05, 0.1) is 5.92 Å². The molecule has 2 aromatic carbocycles. The Hall–Kier alpha value is -2.49. The third-order valence-electron chi connectivity index (χ3n) is 4.09. The molecule has 0 radical (unpaired) electrons. The molecule has 4 nitrogen and oxygen atoms in total. The van der Waals surface area contributed by atoms with Gasteiger partial charge in [0, 0.05) is 30.0 Å². The van der Waals surface area contributed by atoms with Gasteiger partial charge in [-0.2, -0.15) is 0 Å². The van der Waals surface area contributed by atoms with E-state index in [0.29, 0.717) is 6.54 Å². The molecule has 4 heteroatoms. The lowest BCUT2D eigenvalue weighted by Crippen LogP contribution is -2.27. The number of anilines is 2. The number of hydrogen-bond acceptors (Lipinski definition) is 3. The first-order valence-corrected chi connectivity index (χ1v) is 7.14. The predicted octanol–water partition coefficient (Wildman–Crippen LogP) is 2.25. The van der Waals surface area contributed by atoms with Gasteiger partial charge >= 0.3 is 0 Å². The lowest BCUT2D eigenvalue weighted by Gasteiger charge is -2.18. The predicted molar refractivity (Wildman–Crippen MR) is 85.8 cm³/mol. The summed E-state index contributed by atoms with van der Waals surface area (Å²) >= 11 is 0. The number of para-hydroxylation sites is 1. The maximum Gasteiger partial charge on any atom is 0.222 e. The summed E-state index contributed by atoms with van der Waals surface area (Å²) in [6, 6.07) is 16.1. The SMILES string of the molecule is NC(=O)C1CCN(c2ccc(-c3ccccc3N)cc2)C1. The average Bonchev–Trinajstić information content (AvgIpc) is 2.98. The fraction of sp³-hybridized carbons (Fsp3) is 0.235. The van der Waals surface area contributed by atoms with Crippen LogP contribution < -0.4 is 16.4 Å². The summed E-state index contributed by atoms with van der Waals surface area (Å²) in [7, 11) is 0. The lowest BCUT2D eigenvalue weighted by molar-refractivity contribution is -0.121. The zero-order valence-electron chi connectivity index (χ0n) is 11.8. The number of amides is 1. The summed E-state index contributed by atoms with van der Waals surface area (Å²) in [5.41, 5.74) is 15.4. The quantitative estimate of drug-likeness (QED) is 0.848. The van der Waals surface area contributed by atoms with Gasteiger partial charge in [0.15, 0.2) is 0 Å². The minimum absolute atomic E-state index is 0.0329. The van der Waals surface area contributed by atoms with Gasteiger partial charge in [-0.15, -0.1) is 0 Å². The zero-order chi connectivity index (χ0) is 14.8. The van der Waals surface area contributed by atoms with Crippen LogP contribution in [0.15, 0.2) is 48.5 Å². The van der Waals surface area contributed by atoms with Gasteiger partial charge < -0.3 is 16.4 Å². The molecule has 1 unspecified atom stereocenters. The van der Waals surface area contributed by atoms with Gasteiger partial charge in [-0.1, -0.05) is 30.3 Å². The van der Waals surface area contributed by atoms with Crippen molar-refractivity contribution < 1.29 is 4.79 Å². The van der Waals surface area contributed by atoms with Crippen LogP contribution in [0.4, 0.5) is 11.4 Å². The normalized spacial score (nSPS) is 17.9. The number of nitrogen functional groups attached to an aromatic ring is 1. The first-order valence-electron chi connectivity index (χ1n) is 7.14. The van der Waals surface area contributed by atoms with Crippen LogP contribution in [0.3, 0.4) is 0 Å². The lowest BCUT2D eigenvalue weighted by atomic mass is 10.0. The number of benzene rings is 2. The second-order valence-corrected chi connectivity index (χ2v) is 5.47. The van der Waals surface area contributed by atoms with Crippen molar-refractivity contribution in [3.63, 3.8) is 0 Å². The van der Waals surface area contributed by atoms with E-state index in [0.717, 1.165) is 35.5 Å². The van der Waals surface area contributed by atoms with Gasteiger partial charge in [0.2, 0.25) is 5.91 Å². The van der Waals surface area contributed by atoms with Crippen LogP contribution in [0, 0.1) is 5.92 Å². The molecule has 4 N–H and O–H groups in total. The number of carbonyl (C=O) groups excluding carboxylic acids is 1. The Balaban J connectivity index is 1.79. The van der Waals surface area contributed by atoms with Gasteiger partial charge in [-0.25, -0.2) is 0 Å². The van der Waals surface area contributed by atoms with Crippen molar-refractivity contribution in [2.75, 3.05) is 23.7 Å². The number of rotatable bonds is 3. The van der Waals surface area contributed by atoms with E-state index in [9.17, 15) is 4.79 Å². The summed E-state index contributed by atoms with van der Waals surface area (Å²) in [5, 5.41) is 0. The van der Waals surface area contributed by atoms with Gasteiger partial charge in [0.1, 0.15) is 0 Å². The van der Waals surface area contributed by atoms with E-state index in [1.165, 1.54) is 0 Å². The standard InChI is InChI=1S/C17H19N3O/c18-16-4-2-1-3-15(16)12-5-7-14(8-6-12)20-10-9-13(11-20)17(19)21/h1-8,13H,9-11,18H2,(H2,19,21). The van der Waals surface area contributed by atoms with Gasteiger partial charge in [0.25, 0.3) is 0 Å². The first kappa shape index (κ1) is 13.5. The number of hydrogen-bond donors (Lipinski definition) is 2. The Morgan fingerprint density at radius 3 is 2.43 bits per heavy atom. The second-order valence-electron chi connectivity index (χ2n) is 5.47. The van der Waals surface area contributed by atoms with Crippen molar-refractivity contribution in [2.24, 2.45) is 11.7 Å². The maximum atomic E-state index is 11.2. The smallest absolute Gasteiger partial charge is 0.222 e. The van der Waals surface area contributed by atoms with Crippen molar-refractivity contribution in [2.45, 2.75) is 6.42 Å². The van der Waals surface area contributed by atoms with E-state index >= 15 is 0 Å². The summed E-state index contributed by atoms with van der Waals surface area (Å²) in [5.74, 6) is -0.236. The maximum absolute atomic E-state index is 11.2. The third-order valence-corrected chi connectivity index (χ3v) is 4.09. The topological polar surface area (TPSA) is 72.4 Å². The average molecular weight is 281 g/mol. The Kier molecular flexibility index (Phi) is 3.52. The minimum atomic E-state index is -0.203. The van der Waals surface area contributed by atoms with Crippen LogP contribution in [-0.2, 0) is 4.79 Å². The van der Waals surface area contributed by atoms with Crippen molar-refractivity contribution >= 4 is 17.3 Å². The van der Waals surface area contributed by atoms with Crippen LogP contribution >= 0.6 is 0 Å². The largest absolute Gasteiger partial charge is 0.398 e. The molecule has 0 saturated carbocycles. The van der Waals surface area contributed by atoms with Gasteiger partial charge in [-0.05, 0) is 30.2 Å².